The van der Waals surface area contributed by atoms with E-state index in [0.29, 0.717) is 25.8 Å². The van der Waals surface area contributed by atoms with Crippen molar-refractivity contribution >= 4 is 11.9 Å². The zero-order valence-corrected chi connectivity index (χ0v) is 8.00. The quantitative estimate of drug-likeness (QED) is 0.600. The van der Waals surface area contributed by atoms with Gasteiger partial charge in [-0.3, -0.25) is 9.59 Å². The van der Waals surface area contributed by atoms with E-state index in [0.717, 1.165) is 0 Å². The van der Waals surface area contributed by atoms with Gasteiger partial charge in [-0.15, -0.1) is 0 Å². The molecule has 78 valence electrons. The summed E-state index contributed by atoms with van der Waals surface area (Å²) in [5.41, 5.74) is -1.47. The molecule has 2 aliphatic rings. The summed E-state index contributed by atoms with van der Waals surface area (Å²) in [5, 5.41) is 12.0. The third kappa shape index (κ3) is 0.987. The topological polar surface area (TPSA) is 75.6 Å². The van der Waals surface area contributed by atoms with Crippen molar-refractivity contribution in [1.82, 2.24) is 5.32 Å². The van der Waals surface area contributed by atoms with Crippen LogP contribution in [0.15, 0.2) is 0 Å². The molecule has 1 aliphatic heterocycles. The van der Waals surface area contributed by atoms with Gasteiger partial charge in [-0.2, -0.15) is 0 Å². The van der Waals surface area contributed by atoms with E-state index in [9.17, 15) is 9.59 Å². The Hall–Kier alpha value is -1.10. The monoisotopic (exact) mass is 199 g/mol. The molecule has 0 amide bonds. The van der Waals surface area contributed by atoms with Crippen molar-refractivity contribution in [2.24, 2.45) is 5.41 Å². The van der Waals surface area contributed by atoms with Gasteiger partial charge >= 0.3 is 11.9 Å². The van der Waals surface area contributed by atoms with Gasteiger partial charge in [0.2, 0.25) is 0 Å². The average molecular weight is 199 g/mol. The Bertz CT molecular complexity index is 291. The van der Waals surface area contributed by atoms with Crippen LogP contribution in [0.2, 0.25) is 0 Å². The number of rotatable bonds is 2. The van der Waals surface area contributed by atoms with Gasteiger partial charge in [0.1, 0.15) is 5.54 Å². The normalized spacial score (nSPS) is 39.8. The largest absolute Gasteiger partial charge is 0.480 e. The molecule has 0 spiro atoms. The second kappa shape index (κ2) is 2.70. The van der Waals surface area contributed by atoms with Crippen LogP contribution in [-0.4, -0.2) is 36.2 Å². The van der Waals surface area contributed by atoms with Crippen molar-refractivity contribution in [2.75, 3.05) is 13.7 Å². The third-order valence-electron chi connectivity index (χ3n) is 3.46. The van der Waals surface area contributed by atoms with E-state index in [1.54, 1.807) is 0 Å². The van der Waals surface area contributed by atoms with Crippen molar-refractivity contribution in [3.8, 4) is 0 Å². The van der Waals surface area contributed by atoms with Gasteiger partial charge in [0.15, 0.2) is 0 Å². The number of carbonyl (C=O) groups is 2. The second-order valence-corrected chi connectivity index (χ2v) is 4.19. The molecule has 5 nitrogen and oxygen atoms in total. The molecule has 2 rings (SSSR count). The van der Waals surface area contributed by atoms with Crippen molar-refractivity contribution in [3.63, 3.8) is 0 Å². The summed E-state index contributed by atoms with van der Waals surface area (Å²) in [6.45, 7) is 0.423. The zero-order chi connectivity index (χ0) is 10.4. The molecule has 2 unspecified atom stereocenters. The number of esters is 1. The highest BCUT2D eigenvalue weighted by Gasteiger charge is 2.62. The lowest BCUT2D eigenvalue weighted by Crippen LogP contribution is -2.48. The number of nitrogens with one attached hydrogen (secondary N) is 1. The van der Waals surface area contributed by atoms with E-state index >= 15 is 0 Å². The molecule has 1 saturated heterocycles. The second-order valence-electron chi connectivity index (χ2n) is 4.19. The van der Waals surface area contributed by atoms with Crippen LogP contribution in [-0.2, 0) is 14.3 Å². The summed E-state index contributed by atoms with van der Waals surface area (Å²) in [6.07, 6.45) is 1.48. The summed E-state index contributed by atoms with van der Waals surface area (Å²) in [6, 6.07) is 0. The zero-order valence-electron chi connectivity index (χ0n) is 8.00. The summed E-state index contributed by atoms with van der Waals surface area (Å²) < 4.78 is 4.71. The maximum absolute atomic E-state index is 11.5. The lowest BCUT2D eigenvalue weighted by Gasteiger charge is -2.24. The Morgan fingerprint density at radius 1 is 1.43 bits per heavy atom. The van der Waals surface area contributed by atoms with Crippen molar-refractivity contribution in [3.05, 3.63) is 0 Å². The van der Waals surface area contributed by atoms with E-state index < -0.39 is 16.9 Å². The number of piperidine rings is 1. The smallest absolute Gasteiger partial charge is 0.323 e. The first-order chi connectivity index (χ1) is 6.55. The van der Waals surface area contributed by atoms with Gasteiger partial charge in [0, 0.05) is 6.54 Å². The fraction of sp³-hybridized carbons (Fsp3) is 0.778. The highest BCUT2D eigenvalue weighted by atomic mass is 16.5. The fourth-order valence-corrected chi connectivity index (χ4v) is 2.57. The van der Waals surface area contributed by atoms with Crippen LogP contribution in [0, 0.1) is 5.41 Å². The summed E-state index contributed by atoms with van der Waals surface area (Å²) in [5.74, 6) is -1.15. The van der Waals surface area contributed by atoms with Crippen molar-refractivity contribution in [2.45, 2.75) is 24.8 Å². The number of hydrogen-bond acceptors (Lipinski definition) is 4. The minimum atomic E-state index is -0.881. The maximum atomic E-state index is 11.5. The molecule has 1 aliphatic carbocycles. The number of carboxylic acids is 1. The number of carbonyl (C=O) groups excluding carboxylic acids is 1. The Morgan fingerprint density at radius 2 is 2.14 bits per heavy atom. The molecule has 1 saturated carbocycles. The van der Waals surface area contributed by atoms with E-state index in [1.807, 2.05) is 0 Å². The van der Waals surface area contributed by atoms with Gasteiger partial charge < -0.3 is 15.2 Å². The van der Waals surface area contributed by atoms with Gasteiger partial charge in [0.25, 0.3) is 0 Å². The van der Waals surface area contributed by atoms with Crippen molar-refractivity contribution < 1.29 is 19.4 Å². The first kappa shape index (κ1) is 9.45. The molecule has 5 heteroatoms. The van der Waals surface area contributed by atoms with Crippen LogP contribution in [0.25, 0.3) is 0 Å². The van der Waals surface area contributed by atoms with E-state index in [-0.39, 0.29) is 5.97 Å². The molecule has 2 fully saturated rings. The first-order valence-corrected chi connectivity index (χ1v) is 4.62. The van der Waals surface area contributed by atoms with E-state index in [4.69, 9.17) is 9.84 Å². The average Bonchev–Trinajstić information content (AvgIpc) is 2.74. The molecule has 2 bridgehead atoms. The first-order valence-electron chi connectivity index (χ1n) is 4.62. The molecule has 0 aromatic rings. The number of ether oxygens (including phenoxy) is 1. The molecular formula is C9H13NO4. The molecular weight excluding hydrogens is 186 g/mol. The van der Waals surface area contributed by atoms with Crippen LogP contribution in [0.1, 0.15) is 19.3 Å². The maximum Gasteiger partial charge on any atom is 0.323 e. The lowest BCUT2D eigenvalue weighted by atomic mass is 9.87. The van der Waals surface area contributed by atoms with Crippen LogP contribution in [0.4, 0.5) is 0 Å². The van der Waals surface area contributed by atoms with Crippen LogP contribution >= 0.6 is 0 Å². The number of methoxy groups -OCH3 is 1. The highest BCUT2D eigenvalue weighted by Crippen LogP contribution is 2.49. The Kier molecular flexibility index (Phi) is 1.82. The Morgan fingerprint density at radius 3 is 2.50 bits per heavy atom. The fourth-order valence-electron chi connectivity index (χ4n) is 2.57. The molecule has 0 aromatic heterocycles. The predicted molar refractivity (Wildman–Crippen MR) is 46.7 cm³/mol. The SMILES string of the molecule is COC(=O)C12CCC(C(=O)O)(C1)NC2. The summed E-state index contributed by atoms with van der Waals surface area (Å²) in [7, 11) is 1.34. The van der Waals surface area contributed by atoms with E-state index in [1.165, 1.54) is 7.11 Å². The number of fused-ring (bicyclic) bond motifs is 2. The molecule has 0 radical (unpaired) electrons. The third-order valence-corrected chi connectivity index (χ3v) is 3.46. The van der Waals surface area contributed by atoms with Crippen LogP contribution in [0.3, 0.4) is 0 Å². The summed E-state index contributed by atoms with van der Waals surface area (Å²) in [4.78, 5) is 22.5. The van der Waals surface area contributed by atoms with E-state index in [2.05, 4.69) is 5.32 Å². The molecule has 2 atom stereocenters. The van der Waals surface area contributed by atoms with Gasteiger partial charge in [-0.05, 0) is 19.3 Å². The van der Waals surface area contributed by atoms with Gasteiger partial charge in [-0.25, -0.2) is 0 Å². The number of aliphatic carboxylic acids is 1. The molecule has 1 heterocycles. The summed E-state index contributed by atoms with van der Waals surface area (Å²) >= 11 is 0. The Balaban J connectivity index is 2.24. The van der Waals surface area contributed by atoms with Crippen LogP contribution < -0.4 is 5.32 Å². The molecule has 2 N–H and O–H groups in total. The molecule has 0 aromatic carbocycles. The predicted octanol–water partition coefficient (Wildman–Crippen LogP) is -0.244. The van der Waals surface area contributed by atoms with Gasteiger partial charge in [-0.1, -0.05) is 0 Å². The van der Waals surface area contributed by atoms with Crippen LogP contribution in [0.5, 0.6) is 0 Å². The molecule has 14 heavy (non-hydrogen) atoms. The number of hydrogen-bond donors (Lipinski definition) is 2. The lowest BCUT2D eigenvalue weighted by molar-refractivity contribution is -0.151. The van der Waals surface area contributed by atoms with Crippen molar-refractivity contribution in [1.29, 1.82) is 0 Å². The standard InChI is InChI=1S/C9H13NO4/c1-14-7(13)8-2-3-9(4-8,6(11)12)10-5-8/h10H,2-5H2,1H3,(H,11,12). The Labute approximate surface area is 81.4 Å². The number of carboxylic acid groups (broad SMARTS) is 1. The minimum Gasteiger partial charge on any atom is -0.480 e. The highest BCUT2D eigenvalue weighted by molar-refractivity contribution is 5.86. The minimum absolute atomic E-state index is 0.286. The van der Waals surface area contributed by atoms with Gasteiger partial charge in [0.05, 0.1) is 12.5 Å².